The minimum Gasteiger partial charge on any atom is -0.375 e. The fraction of sp³-hybridized carbons (Fsp3) is 0.409. The van der Waals surface area contributed by atoms with Gasteiger partial charge in [0.2, 0.25) is 0 Å². The highest BCUT2D eigenvalue weighted by molar-refractivity contribution is 8.13. The molecule has 3 nitrogen and oxygen atoms in total. The molecule has 3 atom stereocenters. The maximum atomic E-state index is 14.7. The third-order valence-corrected chi connectivity index (χ3v) is 6.43. The van der Waals surface area contributed by atoms with Gasteiger partial charge in [0.25, 0.3) is 0 Å². The number of nitrogens with zero attached hydrogens (tertiary/aromatic N) is 1. The summed E-state index contributed by atoms with van der Waals surface area (Å²) in [7, 11) is 0. The summed E-state index contributed by atoms with van der Waals surface area (Å²) in [6.07, 6.45) is 0.551. The van der Waals surface area contributed by atoms with E-state index in [1.807, 2.05) is 49.4 Å². The highest BCUT2D eigenvalue weighted by Crippen LogP contribution is 2.48. The van der Waals surface area contributed by atoms with Gasteiger partial charge in [-0.1, -0.05) is 48.5 Å². The summed E-state index contributed by atoms with van der Waals surface area (Å²) in [4.78, 5) is 4.99. The first-order valence-corrected chi connectivity index (χ1v) is 10.3. The van der Waals surface area contributed by atoms with Gasteiger partial charge >= 0.3 is 0 Å². The zero-order valence-corrected chi connectivity index (χ0v) is 16.3. The maximum Gasteiger partial charge on any atom is 0.128 e. The molecule has 27 heavy (non-hydrogen) atoms. The summed E-state index contributed by atoms with van der Waals surface area (Å²) in [5.41, 5.74) is 1.27. The van der Waals surface area contributed by atoms with E-state index in [0.717, 1.165) is 16.4 Å². The summed E-state index contributed by atoms with van der Waals surface area (Å²) >= 11 is 1.74. The van der Waals surface area contributed by atoms with Gasteiger partial charge in [0, 0.05) is 23.7 Å². The molecule has 2 aliphatic rings. The number of fused-ring (bicyclic) bond motifs is 1. The number of benzene rings is 2. The normalized spacial score (nSPS) is 27.7. The molecule has 2 aromatic carbocycles. The molecule has 0 spiro atoms. The molecule has 2 unspecified atom stereocenters. The van der Waals surface area contributed by atoms with Crippen LogP contribution in [0.5, 0.6) is 0 Å². The SMILES string of the molecule is CC1=N[C@@]2(c3ccccc3F)CC(COCc3ccccc3)OCC2CS1. The van der Waals surface area contributed by atoms with Gasteiger partial charge in [-0.3, -0.25) is 4.99 Å². The minimum absolute atomic E-state index is 0.0933. The number of thioether (sulfide) groups is 1. The van der Waals surface area contributed by atoms with Crippen molar-refractivity contribution in [2.24, 2.45) is 10.9 Å². The van der Waals surface area contributed by atoms with E-state index in [-0.39, 0.29) is 17.8 Å². The lowest BCUT2D eigenvalue weighted by Crippen LogP contribution is -2.50. The Morgan fingerprint density at radius 3 is 2.78 bits per heavy atom. The second-order valence-corrected chi connectivity index (χ2v) is 8.42. The molecule has 0 saturated carbocycles. The standard InChI is InChI=1S/C22H24FNO2S/c1-16-24-22(20-9-5-6-10-21(20)23)11-19(26-13-18(22)15-27-16)14-25-12-17-7-3-2-4-8-17/h2-10,18-19H,11-15H2,1H3/t18?,19?,22-/m0/s1. The van der Waals surface area contributed by atoms with Crippen LogP contribution in [-0.4, -0.2) is 30.1 Å². The van der Waals surface area contributed by atoms with Gasteiger partial charge in [0.15, 0.2) is 0 Å². The predicted molar refractivity (Wildman–Crippen MR) is 108 cm³/mol. The van der Waals surface area contributed by atoms with Crippen molar-refractivity contribution in [1.29, 1.82) is 0 Å². The van der Waals surface area contributed by atoms with E-state index in [4.69, 9.17) is 14.5 Å². The molecular formula is C22H24FNO2S. The number of hydrogen-bond donors (Lipinski definition) is 0. The Balaban J connectivity index is 1.53. The third-order valence-electron chi connectivity index (χ3n) is 5.35. The van der Waals surface area contributed by atoms with Gasteiger partial charge in [-0.25, -0.2) is 4.39 Å². The number of hydrogen-bond acceptors (Lipinski definition) is 4. The smallest absolute Gasteiger partial charge is 0.128 e. The van der Waals surface area contributed by atoms with Gasteiger partial charge in [-0.2, -0.15) is 0 Å². The average Bonchev–Trinajstić information content (AvgIpc) is 2.68. The van der Waals surface area contributed by atoms with Gasteiger partial charge in [-0.05, 0) is 18.6 Å². The van der Waals surface area contributed by atoms with Crippen LogP contribution in [0.3, 0.4) is 0 Å². The molecule has 0 aliphatic carbocycles. The van der Waals surface area contributed by atoms with Crippen LogP contribution in [0.2, 0.25) is 0 Å². The topological polar surface area (TPSA) is 30.8 Å². The van der Waals surface area contributed by atoms with E-state index in [1.165, 1.54) is 6.07 Å². The predicted octanol–water partition coefficient (Wildman–Crippen LogP) is 4.81. The zero-order valence-electron chi connectivity index (χ0n) is 15.4. The van der Waals surface area contributed by atoms with Crippen LogP contribution in [0.25, 0.3) is 0 Å². The summed E-state index contributed by atoms with van der Waals surface area (Å²) in [5, 5.41) is 1.01. The highest BCUT2D eigenvalue weighted by atomic mass is 32.2. The van der Waals surface area contributed by atoms with Crippen molar-refractivity contribution in [3.8, 4) is 0 Å². The molecule has 1 fully saturated rings. The molecule has 2 aliphatic heterocycles. The van der Waals surface area contributed by atoms with Gasteiger partial charge < -0.3 is 9.47 Å². The summed E-state index contributed by atoms with van der Waals surface area (Å²) in [5.74, 6) is 0.895. The van der Waals surface area contributed by atoms with Crippen molar-refractivity contribution < 1.29 is 13.9 Å². The lowest BCUT2D eigenvalue weighted by molar-refractivity contribution is -0.0906. The minimum atomic E-state index is -0.556. The molecule has 0 aromatic heterocycles. The van der Waals surface area contributed by atoms with E-state index < -0.39 is 5.54 Å². The summed E-state index contributed by atoms with van der Waals surface area (Å²) in [6, 6.07) is 17.1. The van der Waals surface area contributed by atoms with Crippen LogP contribution in [0.15, 0.2) is 59.6 Å². The molecule has 2 aromatic rings. The van der Waals surface area contributed by atoms with E-state index in [9.17, 15) is 4.39 Å². The number of aliphatic imine (C=N–C) groups is 1. The third kappa shape index (κ3) is 3.96. The van der Waals surface area contributed by atoms with E-state index in [0.29, 0.717) is 31.8 Å². The van der Waals surface area contributed by atoms with Crippen LogP contribution < -0.4 is 0 Å². The van der Waals surface area contributed by atoms with E-state index in [2.05, 4.69) is 0 Å². The van der Waals surface area contributed by atoms with Crippen molar-refractivity contribution in [2.45, 2.75) is 31.6 Å². The summed E-state index contributed by atoms with van der Waals surface area (Å²) < 4.78 is 26.7. The molecule has 142 valence electrons. The first-order chi connectivity index (χ1) is 13.2. The average molecular weight is 386 g/mol. The monoisotopic (exact) mass is 385 g/mol. The van der Waals surface area contributed by atoms with Crippen LogP contribution in [0, 0.1) is 11.7 Å². The molecule has 0 bridgehead atoms. The Morgan fingerprint density at radius 1 is 1.19 bits per heavy atom. The Labute approximate surface area is 164 Å². The second kappa shape index (κ2) is 8.13. The van der Waals surface area contributed by atoms with Crippen molar-refractivity contribution in [1.82, 2.24) is 0 Å². The van der Waals surface area contributed by atoms with Crippen molar-refractivity contribution in [3.63, 3.8) is 0 Å². The Hall–Kier alpha value is -1.69. The molecular weight excluding hydrogens is 361 g/mol. The lowest BCUT2D eigenvalue weighted by atomic mass is 9.73. The molecule has 1 saturated heterocycles. The van der Waals surface area contributed by atoms with Crippen molar-refractivity contribution >= 4 is 16.8 Å². The number of ether oxygens (including phenoxy) is 2. The molecule has 5 heteroatoms. The van der Waals surface area contributed by atoms with Gasteiger partial charge in [0.1, 0.15) is 5.82 Å². The quantitative estimate of drug-likeness (QED) is 0.740. The maximum absolute atomic E-state index is 14.7. The first kappa shape index (κ1) is 18.7. The van der Waals surface area contributed by atoms with Crippen LogP contribution in [0.1, 0.15) is 24.5 Å². The largest absolute Gasteiger partial charge is 0.375 e. The van der Waals surface area contributed by atoms with E-state index >= 15 is 0 Å². The molecule has 2 heterocycles. The van der Waals surface area contributed by atoms with Crippen LogP contribution in [-0.2, 0) is 21.6 Å². The first-order valence-electron chi connectivity index (χ1n) is 9.35. The van der Waals surface area contributed by atoms with Gasteiger partial charge in [0.05, 0.1) is 36.5 Å². The fourth-order valence-corrected chi connectivity index (χ4v) is 5.05. The lowest BCUT2D eigenvalue weighted by Gasteiger charge is -2.47. The number of halogens is 1. The van der Waals surface area contributed by atoms with E-state index in [1.54, 1.807) is 17.8 Å². The second-order valence-electron chi connectivity index (χ2n) is 7.20. The Morgan fingerprint density at radius 2 is 1.96 bits per heavy atom. The Bertz CT molecular complexity index is 813. The number of rotatable bonds is 5. The van der Waals surface area contributed by atoms with Crippen molar-refractivity contribution in [2.75, 3.05) is 19.0 Å². The summed E-state index contributed by atoms with van der Waals surface area (Å²) in [6.45, 7) is 3.63. The van der Waals surface area contributed by atoms with Gasteiger partial charge in [-0.15, -0.1) is 11.8 Å². The van der Waals surface area contributed by atoms with Crippen LogP contribution in [0.4, 0.5) is 4.39 Å². The molecule has 0 radical (unpaired) electrons. The Kier molecular flexibility index (Phi) is 5.62. The fourth-order valence-electron chi connectivity index (χ4n) is 4.01. The van der Waals surface area contributed by atoms with Crippen molar-refractivity contribution in [3.05, 3.63) is 71.5 Å². The molecule has 0 N–H and O–H groups in total. The highest BCUT2D eigenvalue weighted by Gasteiger charge is 2.49. The zero-order chi connectivity index (χ0) is 18.7. The molecule has 0 amide bonds. The molecule has 4 rings (SSSR count). The van der Waals surface area contributed by atoms with Crippen LogP contribution >= 0.6 is 11.8 Å².